The first-order chi connectivity index (χ1) is 9.52. The molecule has 2 rings (SSSR count). The standard InChI is InChI=1S/C15H14BrClFNO/c1-2-20-14-6-3-9(7-12(14)16)15(19)11-5-4-10(18)8-13(11)17/h3-8,15H,2,19H2,1H3. The molecule has 1 unspecified atom stereocenters. The quantitative estimate of drug-likeness (QED) is 0.860. The molecule has 5 heteroatoms. The van der Waals surface area contributed by atoms with Gasteiger partial charge in [-0.15, -0.1) is 0 Å². The highest BCUT2D eigenvalue weighted by Gasteiger charge is 2.14. The lowest BCUT2D eigenvalue weighted by molar-refractivity contribution is 0.338. The Hall–Kier alpha value is -1.10. The van der Waals surface area contributed by atoms with E-state index >= 15 is 0 Å². The minimum atomic E-state index is -0.421. The topological polar surface area (TPSA) is 35.2 Å². The van der Waals surface area contributed by atoms with Gasteiger partial charge in [-0.25, -0.2) is 4.39 Å². The smallest absolute Gasteiger partial charge is 0.133 e. The molecular formula is C15H14BrClFNO. The Bertz CT molecular complexity index is 621. The Labute approximate surface area is 130 Å². The molecule has 0 aliphatic carbocycles. The predicted molar refractivity (Wildman–Crippen MR) is 82.8 cm³/mol. The first-order valence-corrected chi connectivity index (χ1v) is 7.32. The molecule has 0 spiro atoms. The van der Waals surface area contributed by atoms with Crippen molar-refractivity contribution < 1.29 is 9.13 Å². The lowest BCUT2D eigenvalue weighted by atomic mass is 9.99. The van der Waals surface area contributed by atoms with Crippen LogP contribution in [-0.4, -0.2) is 6.61 Å². The van der Waals surface area contributed by atoms with Gasteiger partial charge in [0.15, 0.2) is 0 Å². The second-order valence-electron chi connectivity index (χ2n) is 4.27. The highest BCUT2D eigenvalue weighted by molar-refractivity contribution is 9.10. The third-order valence-electron chi connectivity index (χ3n) is 2.91. The zero-order valence-electron chi connectivity index (χ0n) is 10.9. The van der Waals surface area contributed by atoms with E-state index in [4.69, 9.17) is 22.1 Å². The fraction of sp³-hybridized carbons (Fsp3) is 0.200. The normalized spacial score (nSPS) is 12.2. The fourth-order valence-corrected chi connectivity index (χ4v) is 2.71. The molecule has 0 saturated carbocycles. The van der Waals surface area contributed by atoms with E-state index in [0.29, 0.717) is 17.2 Å². The van der Waals surface area contributed by atoms with Crippen molar-refractivity contribution in [2.45, 2.75) is 13.0 Å². The molecule has 0 radical (unpaired) electrons. The van der Waals surface area contributed by atoms with Crippen LogP contribution < -0.4 is 10.5 Å². The van der Waals surface area contributed by atoms with Crippen LogP contribution in [0.4, 0.5) is 4.39 Å². The number of benzene rings is 2. The number of ether oxygens (including phenoxy) is 1. The van der Waals surface area contributed by atoms with E-state index < -0.39 is 6.04 Å². The van der Waals surface area contributed by atoms with Crippen LogP contribution >= 0.6 is 27.5 Å². The van der Waals surface area contributed by atoms with Gasteiger partial charge in [-0.3, -0.25) is 0 Å². The van der Waals surface area contributed by atoms with E-state index in [1.54, 1.807) is 6.07 Å². The highest BCUT2D eigenvalue weighted by atomic mass is 79.9. The van der Waals surface area contributed by atoms with Crippen LogP contribution in [0.2, 0.25) is 5.02 Å². The molecule has 0 heterocycles. The Morgan fingerprint density at radius 2 is 2.05 bits per heavy atom. The maximum atomic E-state index is 13.1. The van der Waals surface area contributed by atoms with Gasteiger partial charge in [-0.05, 0) is 58.2 Å². The maximum absolute atomic E-state index is 13.1. The van der Waals surface area contributed by atoms with Gasteiger partial charge in [0.1, 0.15) is 11.6 Å². The minimum absolute atomic E-state index is 0.322. The van der Waals surface area contributed by atoms with Crippen LogP contribution in [0.15, 0.2) is 40.9 Å². The van der Waals surface area contributed by atoms with Gasteiger partial charge in [0.2, 0.25) is 0 Å². The third kappa shape index (κ3) is 3.32. The predicted octanol–water partition coefficient (Wildman–Crippen LogP) is 4.69. The zero-order chi connectivity index (χ0) is 14.7. The summed E-state index contributed by atoms with van der Waals surface area (Å²) in [5.74, 6) is 0.382. The van der Waals surface area contributed by atoms with Crippen molar-refractivity contribution in [1.82, 2.24) is 0 Å². The largest absolute Gasteiger partial charge is 0.493 e. The van der Waals surface area contributed by atoms with Crippen molar-refractivity contribution >= 4 is 27.5 Å². The molecule has 0 amide bonds. The van der Waals surface area contributed by atoms with Crippen molar-refractivity contribution in [3.63, 3.8) is 0 Å². The number of nitrogens with two attached hydrogens (primary N) is 1. The summed E-state index contributed by atoms with van der Waals surface area (Å²) in [7, 11) is 0. The summed E-state index contributed by atoms with van der Waals surface area (Å²) in [5, 5.41) is 0.322. The van der Waals surface area contributed by atoms with Crippen molar-refractivity contribution in [3.8, 4) is 5.75 Å². The molecule has 0 fully saturated rings. The summed E-state index contributed by atoms with van der Waals surface area (Å²) in [6.07, 6.45) is 0. The molecule has 2 N–H and O–H groups in total. The van der Waals surface area contributed by atoms with Gasteiger partial charge < -0.3 is 10.5 Å². The molecule has 0 aliphatic rings. The number of hydrogen-bond acceptors (Lipinski definition) is 2. The molecule has 0 bridgehead atoms. The number of halogens is 3. The van der Waals surface area contributed by atoms with Gasteiger partial charge in [0, 0.05) is 5.02 Å². The second-order valence-corrected chi connectivity index (χ2v) is 5.53. The second kappa shape index (κ2) is 6.57. The minimum Gasteiger partial charge on any atom is -0.493 e. The Morgan fingerprint density at radius 1 is 1.30 bits per heavy atom. The number of hydrogen-bond donors (Lipinski definition) is 1. The monoisotopic (exact) mass is 357 g/mol. The summed E-state index contributed by atoms with van der Waals surface area (Å²) >= 11 is 9.48. The summed E-state index contributed by atoms with van der Waals surface area (Å²) in [6, 6.07) is 9.41. The van der Waals surface area contributed by atoms with Crippen LogP contribution in [0.1, 0.15) is 24.1 Å². The Kier molecular flexibility index (Phi) is 5.02. The first-order valence-electron chi connectivity index (χ1n) is 6.15. The first kappa shape index (κ1) is 15.3. The molecule has 2 aromatic carbocycles. The summed E-state index contributed by atoms with van der Waals surface area (Å²) in [6.45, 7) is 2.51. The molecule has 20 heavy (non-hydrogen) atoms. The van der Waals surface area contributed by atoms with Gasteiger partial charge in [-0.2, -0.15) is 0 Å². The Balaban J connectivity index is 2.33. The van der Waals surface area contributed by atoms with E-state index in [-0.39, 0.29) is 5.82 Å². The fourth-order valence-electron chi connectivity index (χ4n) is 1.92. The third-order valence-corrected chi connectivity index (χ3v) is 3.86. The van der Waals surface area contributed by atoms with Crippen LogP contribution in [-0.2, 0) is 0 Å². The van der Waals surface area contributed by atoms with E-state index in [1.165, 1.54) is 12.1 Å². The van der Waals surface area contributed by atoms with Gasteiger partial charge in [0.05, 0.1) is 17.1 Å². The zero-order valence-corrected chi connectivity index (χ0v) is 13.2. The average Bonchev–Trinajstić information content (AvgIpc) is 2.40. The molecule has 1 atom stereocenters. The molecule has 0 saturated heterocycles. The average molecular weight is 359 g/mol. The van der Waals surface area contributed by atoms with E-state index in [2.05, 4.69) is 15.9 Å². The van der Waals surface area contributed by atoms with Crippen LogP contribution in [0.3, 0.4) is 0 Å². The van der Waals surface area contributed by atoms with Crippen molar-refractivity contribution in [2.24, 2.45) is 5.73 Å². The number of rotatable bonds is 4. The van der Waals surface area contributed by atoms with Gasteiger partial charge in [-0.1, -0.05) is 23.7 Å². The van der Waals surface area contributed by atoms with Crippen molar-refractivity contribution in [1.29, 1.82) is 0 Å². The molecule has 2 nitrogen and oxygen atoms in total. The van der Waals surface area contributed by atoms with Gasteiger partial charge >= 0.3 is 0 Å². The SMILES string of the molecule is CCOc1ccc(C(N)c2ccc(F)cc2Cl)cc1Br. The van der Waals surface area contributed by atoms with Gasteiger partial charge in [0.25, 0.3) is 0 Å². The van der Waals surface area contributed by atoms with E-state index in [1.807, 2.05) is 25.1 Å². The molecule has 0 aliphatic heterocycles. The lowest BCUT2D eigenvalue weighted by Crippen LogP contribution is -2.12. The van der Waals surface area contributed by atoms with Crippen LogP contribution in [0, 0.1) is 5.82 Å². The summed E-state index contributed by atoms with van der Waals surface area (Å²) in [5.41, 5.74) is 7.75. The van der Waals surface area contributed by atoms with Crippen LogP contribution in [0.5, 0.6) is 5.75 Å². The van der Waals surface area contributed by atoms with Crippen LogP contribution in [0.25, 0.3) is 0 Å². The summed E-state index contributed by atoms with van der Waals surface area (Å²) < 4.78 is 19.3. The van der Waals surface area contributed by atoms with E-state index in [0.717, 1.165) is 15.8 Å². The van der Waals surface area contributed by atoms with Crippen molar-refractivity contribution in [2.75, 3.05) is 6.61 Å². The maximum Gasteiger partial charge on any atom is 0.133 e. The molecular weight excluding hydrogens is 345 g/mol. The lowest BCUT2D eigenvalue weighted by Gasteiger charge is -2.16. The molecule has 2 aromatic rings. The molecule has 106 valence electrons. The highest BCUT2D eigenvalue weighted by Crippen LogP contribution is 2.32. The van der Waals surface area contributed by atoms with Crippen molar-refractivity contribution in [3.05, 3.63) is 62.8 Å². The summed E-state index contributed by atoms with van der Waals surface area (Å²) in [4.78, 5) is 0. The molecule has 0 aromatic heterocycles. The Morgan fingerprint density at radius 3 is 2.65 bits per heavy atom. The van der Waals surface area contributed by atoms with E-state index in [9.17, 15) is 4.39 Å².